The molecule has 0 atom stereocenters. The second-order valence-corrected chi connectivity index (χ2v) is 8.43. The Hall–Kier alpha value is -3.30. The van der Waals surface area contributed by atoms with Crippen LogP contribution in [0.2, 0.25) is 0 Å². The van der Waals surface area contributed by atoms with Crippen molar-refractivity contribution in [1.29, 1.82) is 0 Å². The largest absolute Gasteiger partial charge is 0.369 e. The van der Waals surface area contributed by atoms with Gasteiger partial charge in [0.2, 0.25) is 11.8 Å². The number of benzene rings is 1. The lowest BCUT2D eigenvalue weighted by Gasteiger charge is -2.36. The molecule has 0 radical (unpaired) electrons. The highest BCUT2D eigenvalue weighted by molar-refractivity contribution is 7.13. The minimum atomic E-state index is -0.294. The van der Waals surface area contributed by atoms with Gasteiger partial charge in [0.05, 0.1) is 12.1 Å². The van der Waals surface area contributed by atoms with Crippen LogP contribution in [0.4, 0.5) is 5.69 Å². The molecule has 4 rings (SSSR count). The Morgan fingerprint density at radius 2 is 1.75 bits per heavy atom. The van der Waals surface area contributed by atoms with Crippen LogP contribution < -0.4 is 15.8 Å². The smallest absolute Gasteiger partial charge is 0.244 e. The summed E-state index contributed by atoms with van der Waals surface area (Å²) in [5, 5.41) is 2.66. The molecule has 1 aliphatic heterocycles. The molecule has 2 aromatic heterocycles. The summed E-state index contributed by atoms with van der Waals surface area (Å²) < 4.78 is 0. The fraction of sp³-hybridized carbons (Fsp3) is 0.304. The zero-order chi connectivity index (χ0) is 22.2. The average Bonchev–Trinajstić information content (AvgIpc) is 3.31. The van der Waals surface area contributed by atoms with E-state index in [0.29, 0.717) is 18.7 Å². The highest BCUT2D eigenvalue weighted by Gasteiger charge is 2.18. The molecule has 0 saturated carbocycles. The Balaban J connectivity index is 1.13. The fourth-order valence-corrected chi connectivity index (χ4v) is 4.36. The highest BCUT2D eigenvalue weighted by atomic mass is 32.1. The zero-order valence-corrected chi connectivity index (χ0v) is 18.6. The van der Waals surface area contributed by atoms with Crippen molar-refractivity contribution in [3.05, 3.63) is 65.9 Å². The first-order valence-corrected chi connectivity index (χ1v) is 11.5. The summed E-state index contributed by atoms with van der Waals surface area (Å²) in [6, 6.07) is 14.1. The quantitative estimate of drug-likeness (QED) is 0.536. The van der Waals surface area contributed by atoms with Gasteiger partial charge in [0.15, 0.2) is 0 Å². The first-order chi connectivity index (χ1) is 15.7. The number of aromatic nitrogens is 2. The molecule has 8 nitrogen and oxygen atoms in total. The van der Waals surface area contributed by atoms with Crippen molar-refractivity contribution >= 4 is 28.8 Å². The second kappa shape index (κ2) is 10.8. The molecule has 1 aliphatic rings. The van der Waals surface area contributed by atoms with Crippen LogP contribution in [0.1, 0.15) is 12.1 Å². The van der Waals surface area contributed by atoms with Crippen LogP contribution in [0.15, 0.2) is 60.2 Å². The third kappa shape index (κ3) is 6.12. The van der Waals surface area contributed by atoms with E-state index in [9.17, 15) is 9.59 Å². The lowest BCUT2D eigenvalue weighted by atomic mass is 10.2. The molecule has 166 valence electrons. The van der Waals surface area contributed by atoms with E-state index in [1.165, 1.54) is 17.0 Å². The van der Waals surface area contributed by atoms with Crippen molar-refractivity contribution in [3.8, 4) is 10.6 Å². The molecule has 0 unspecified atom stereocenters. The standard InChI is InChI=1S/C23H26N6O2S/c30-21(8-10-28-11-13-29(14-12-28)20-6-2-1-3-7-20)26-27-22(31)15-19-17-32-23(25-19)18-5-4-9-24-16-18/h1-7,9,16-17H,8,10-15H2,(H,26,30)(H,27,31). The van der Waals surface area contributed by atoms with Crippen molar-refractivity contribution < 1.29 is 9.59 Å². The van der Waals surface area contributed by atoms with Crippen molar-refractivity contribution in [1.82, 2.24) is 25.7 Å². The zero-order valence-electron chi connectivity index (χ0n) is 17.7. The van der Waals surface area contributed by atoms with E-state index in [0.717, 1.165) is 36.8 Å². The molecule has 0 bridgehead atoms. The number of hydrogen-bond acceptors (Lipinski definition) is 7. The monoisotopic (exact) mass is 450 g/mol. The number of anilines is 1. The number of thiazole rings is 1. The highest BCUT2D eigenvalue weighted by Crippen LogP contribution is 2.22. The number of nitrogens with zero attached hydrogens (tertiary/aromatic N) is 4. The predicted molar refractivity (Wildman–Crippen MR) is 125 cm³/mol. The van der Waals surface area contributed by atoms with Crippen molar-refractivity contribution in [2.75, 3.05) is 37.6 Å². The number of rotatable bonds is 7. The van der Waals surface area contributed by atoms with Crippen LogP contribution in [0.3, 0.4) is 0 Å². The Kier molecular flexibility index (Phi) is 7.42. The van der Waals surface area contributed by atoms with Gasteiger partial charge in [-0.05, 0) is 24.3 Å². The summed E-state index contributed by atoms with van der Waals surface area (Å²) in [4.78, 5) is 37.5. The van der Waals surface area contributed by atoms with Gasteiger partial charge in [-0.3, -0.25) is 30.3 Å². The van der Waals surface area contributed by atoms with Gasteiger partial charge in [-0.25, -0.2) is 4.98 Å². The van der Waals surface area contributed by atoms with Crippen LogP contribution >= 0.6 is 11.3 Å². The van der Waals surface area contributed by atoms with E-state index < -0.39 is 0 Å². The average molecular weight is 451 g/mol. The summed E-state index contributed by atoms with van der Waals surface area (Å²) in [5.41, 5.74) is 7.81. The van der Waals surface area contributed by atoms with Gasteiger partial charge in [0.25, 0.3) is 0 Å². The molecule has 32 heavy (non-hydrogen) atoms. The van der Waals surface area contributed by atoms with Crippen LogP contribution in [-0.4, -0.2) is 59.4 Å². The number of nitrogens with one attached hydrogen (secondary N) is 2. The van der Waals surface area contributed by atoms with Gasteiger partial charge in [0.1, 0.15) is 5.01 Å². The molecular weight excluding hydrogens is 424 g/mol. The van der Waals surface area contributed by atoms with Crippen LogP contribution in [0, 0.1) is 0 Å². The second-order valence-electron chi connectivity index (χ2n) is 7.57. The maximum absolute atomic E-state index is 12.1. The number of hydrazine groups is 1. The lowest BCUT2D eigenvalue weighted by molar-refractivity contribution is -0.128. The van der Waals surface area contributed by atoms with Gasteiger partial charge in [-0.2, -0.15) is 0 Å². The topological polar surface area (TPSA) is 90.5 Å². The van der Waals surface area contributed by atoms with Crippen molar-refractivity contribution in [3.63, 3.8) is 0 Å². The minimum absolute atomic E-state index is 0.110. The van der Waals surface area contributed by atoms with Crippen LogP contribution in [0.25, 0.3) is 10.6 Å². The lowest BCUT2D eigenvalue weighted by Crippen LogP contribution is -2.48. The van der Waals surface area contributed by atoms with E-state index in [-0.39, 0.29) is 18.2 Å². The summed E-state index contributed by atoms with van der Waals surface area (Å²) in [6.07, 6.45) is 3.90. The molecule has 3 aromatic rings. The van der Waals surface area contributed by atoms with Gasteiger partial charge in [0, 0.05) is 68.2 Å². The molecule has 0 spiro atoms. The Bertz CT molecular complexity index is 1020. The van der Waals surface area contributed by atoms with Gasteiger partial charge >= 0.3 is 0 Å². The maximum Gasteiger partial charge on any atom is 0.244 e. The number of piperazine rings is 1. The Morgan fingerprint density at radius 1 is 0.969 bits per heavy atom. The third-order valence-corrected chi connectivity index (χ3v) is 6.23. The van der Waals surface area contributed by atoms with E-state index >= 15 is 0 Å². The summed E-state index contributed by atoms with van der Waals surface area (Å²) in [5.74, 6) is -0.490. The number of para-hydroxylation sites is 1. The summed E-state index contributed by atoms with van der Waals surface area (Å²) >= 11 is 1.46. The fourth-order valence-electron chi connectivity index (χ4n) is 3.55. The number of amides is 2. The molecule has 0 aliphatic carbocycles. The number of carbonyl (C=O) groups is 2. The van der Waals surface area contributed by atoms with Crippen LogP contribution in [0.5, 0.6) is 0 Å². The van der Waals surface area contributed by atoms with E-state index in [2.05, 4.69) is 54.9 Å². The number of pyridine rings is 1. The molecule has 1 aromatic carbocycles. The summed E-state index contributed by atoms with van der Waals surface area (Å²) in [6.45, 7) is 4.38. The number of carbonyl (C=O) groups excluding carboxylic acids is 2. The van der Waals surface area contributed by atoms with E-state index in [1.54, 1.807) is 12.4 Å². The van der Waals surface area contributed by atoms with Gasteiger partial charge in [-0.15, -0.1) is 11.3 Å². The van der Waals surface area contributed by atoms with E-state index in [1.807, 2.05) is 23.6 Å². The van der Waals surface area contributed by atoms with Gasteiger partial charge < -0.3 is 4.90 Å². The molecule has 1 fully saturated rings. The van der Waals surface area contributed by atoms with Crippen molar-refractivity contribution in [2.45, 2.75) is 12.8 Å². The Morgan fingerprint density at radius 3 is 2.50 bits per heavy atom. The molecule has 9 heteroatoms. The molecule has 1 saturated heterocycles. The first-order valence-electron chi connectivity index (χ1n) is 10.6. The normalized spacial score (nSPS) is 14.2. The summed E-state index contributed by atoms with van der Waals surface area (Å²) in [7, 11) is 0. The predicted octanol–water partition coefficient (Wildman–Crippen LogP) is 2.11. The van der Waals surface area contributed by atoms with Crippen molar-refractivity contribution in [2.24, 2.45) is 0 Å². The van der Waals surface area contributed by atoms with E-state index in [4.69, 9.17) is 0 Å². The maximum atomic E-state index is 12.1. The van der Waals surface area contributed by atoms with Gasteiger partial charge in [-0.1, -0.05) is 18.2 Å². The first kappa shape index (κ1) is 21.9. The minimum Gasteiger partial charge on any atom is -0.369 e. The third-order valence-electron chi connectivity index (χ3n) is 5.29. The Labute approximate surface area is 191 Å². The SMILES string of the molecule is O=C(CCN1CCN(c2ccccc2)CC1)NNC(=O)Cc1csc(-c2cccnc2)n1. The molecular formula is C23H26N6O2S. The molecule has 3 heterocycles. The van der Waals surface area contributed by atoms with Crippen LogP contribution in [-0.2, 0) is 16.0 Å². The number of hydrogen-bond donors (Lipinski definition) is 2. The molecule has 2 N–H and O–H groups in total. The molecule has 2 amide bonds.